The smallest absolute Gasteiger partial charge is 0.287 e. The van der Waals surface area contributed by atoms with Gasteiger partial charge in [0.05, 0.1) is 17.1 Å². The number of halogens is 1. The van der Waals surface area contributed by atoms with E-state index in [9.17, 15) is 14.9 Å². The first kappa shape index (κ1) is 12.6. The predicted octanol–water partition coefficient (Wildman–Crippen LogP) is 2.96. The fourth-order valence-corrected chi connectivity index (χ4v) is 1.85. The zero-order valence-electron chi connectivity index (χ0n) is 8.82. The van der Waals surface area contributed by atoms with Gasteiger partial charge in [0.1, 0.15) is 4.47 Å². The first-order valence-corrected chi connectivity index (χ1v) is 5.39. The highest BCUT2D eigenvalue weighted by Gasteiger charge is 2.21. The topological polar surface area (TPSA) is 69.4 Å². The number of nitro groups is 1. The SMILES string of the molecule is CCOc1c(C(C)=O)ccc([N+](=O)[O-])c1Br. The monoisotopic (exact) mass is 287 g/mol. The molecule has 0 amide bonds. The van der Waals surface area contributed by atoms with E-state index in [0.29, 0.717) is 12.2 Å². The lowest BCUT2D eigenvalue weighted by Gasteiger charge is -2.09. The Bertz CT molecular complexity index is 445. The summed E-state index contributed by atoms with van der Waals surface area (Å²) in [5.74, 6) is 0.0308. The van der Waals surface area contributed by atoms with Crippen LogP contribution in [-0.2, 0) is 0 Å². The number of nitro benzene ring substituents is 1. The van der Waals surface area contributed by atoms with Crippen LogP contribution >= 0.6 is 15.9 Å². The Kier molecular flexibility index (Phi) is 4.00. The average Bonchev–Trinajstić information content (AvgIpc) is 2.20. The molecule has 6 heteroatoms. The number of ether oxygens (including phenoxy) is 1. The molecule has 1 aromatic carbocycles. The first-order valence-electron chi connectivity index (χ1n) is 4.59. The summed E-state index contributed by atoms with van der Waals surface area (Å²) in [6.07, 6.45) is 0. The van der Waals surface area contributed by atoms with Gasteiger partial charge in [0.25, 0.3) is 5.69 Å². The van der Waals surface area contributed by atoms with Crippen LogP contribution in [0.25, 0.3) is 0 Å². The quantitative estimate of drug-likeness (QED) is 0.485. The standard InChI is InChI=1S/C10H10BrNO4/c1-3-16-10-7(6(2)13)4-5-8(9(10)11)12(14)15/h4-5H,3H2,1-2H3. The fraction of sp³-hybridized carbons (Fsp3) is 0.300. The Hall–Kier alpha value is -1.43. The summed E-state index contributed by atoms with van der Waals surface area (Å²) in [6, 6.07) is 2.68. The number of ketones is 1. The third kappa shape index (κ3) is 2.38. The zero-order valence-corrected chi connectivity index (χ0v) is 10.4. The molecule has 0 spiro atoms. The molecule has 0 aromatic heterocycles. The predicted molar refractivity (Wildman–Crippen MR) is 62.0 cm³/mol. The molecule has 0 fully saturated rings. The van der Waals surface area contributed by atoms with Crippen molar-refractivity contribution in [3.8, 4) is 5.75 Å². The van der Waals surface area contributed by atoms with E-state index in [2.05, 4.69) is 15.9 Å². The second-order valence-corrected chi connectivity index (χ2v) is 3.81. The molecule has 0 N–H and O–H groups in total. The zero-order chi connectivity index (χ0) is 12.3. The van der Waals surface area contributed by atoms with E-state index in [-0.39, 0.29) is 21.7 Å². The lowest BCUT2D eigenvalue weighted by atomic mass is 10.1. The Labute approximate surface area is 101 Å². The van der Waals surface area contributed by atoms with Gasteiger partial charge in [-0.25, -0.2) is 0 Å². The molecule has 1 rings (SSSR count). The van der Waals surface area contributed by atoms with Crippen molar-refractivity contribution in [2.75, 3.05) is 6.61 Å². The minimum absolute atomic E-state index is 0.117. The molecular formula is C10H10BrNO4. The molecule has 0 radical (unpaired) electrons. The van der Waals surface area contributed by atoms with Gasteiger partial charge in [-0.2, -0.15) is 0 Å². The molecule has 0 unspecified atom stereocenters. The van der Waals surface area contributed by atoms with Gasteiger partial charge in [-0.1, -0.05) is 0 Å². The van der Waals surface area contributed by atoms with Crippen LogP contribution in [-0.4, -0.2) is 17.3 Å². The fourth-order valence-electron chi connectivity index (χ4n) is 1.25. The highest BCUT2D eigenvalue weighted by Crippen LogP contribution is 2.37. The van der Waals surface area contributed by atoms with E-state index in [4.69, 9.17) is 4.74 Å². The molecule has 0 saturated carbocycles. The summed E-state index contributed by atoms with van der Waals surface area (Å²) in [7, 11) is 0. The van der Waals surface area contributed by atoms with Gasteiger partial charge in [-0.05, 0) is 35.8 Å². The lowest BCUT2D eigenvalue weighted by Crippen LogP contribution is -2.03. The van der Waals surface area contributed by atoms with Crippen LogP contribution in [0.2, 0.25) is 0 Å². The number of Topliss-reactive ketones (excluding diaryl/α,β-unsaturated/α-hetero) is 1. The number of benzene rings is 1. The largest absolute Gasteiger partial charge is 0.492 e. The summed E-state index contributed by atoms with van der Waals surface area (Å²) in [4.78, 5) is 21.5. The van der Waals surface area contributed by atoms with Crippen LogP contribution in [0.15, 0.2) is 16.6 Å². The highest BCUT2D eigenvalue weighted by molar-refractivity contribution is 9.10. The molecule has 0 bridgehead atoms. The highest BCUT2D eigenvalue weighted by atomic mass is 79.9. The number of nitrogens with zero attached hydrogens (tertiary/aromatic N) is 1. The maximum atomic E-state index is 11.3. The van der Waals surface area contributed by atoms with Gasteiger partial charge in [0.2, 0.25) is 0 Å². The van der Waals surface area contributed by atoms with Crippen molar-refractivity contribution in [1.82, 2.24) is 0 Å². The van der Waals surface area contributed by atoms with Crippen molar-refractivity contribution >= 4 is 27.4 Å². The summed E-state index contributed by atoms with van der Waals surface area (Å²) < 4.78 is 5.45. The number of hydrogen-bond donors (Lipinski definition) is 0. The Morgan fingerprint density at radius 1 is 1.56 bits per heavy atom. The number of hydrogen-bond acceptors (Lipinski definition) is 4. The van der Waals surface area contributed by atoms with E-state index < -0.39 is 4.92 Å². The third-order valence-electron chi connectivity index (χ3n) is 1.94. The molecule has 0 aliphatic carbocycles. The van der Waals surface area contributed by atoms with Gasteiger partial charge in [-0.15, -0.1) is 0 Å². The molecular weight excluding hydrogens is 278 g/mol. The van der Waals surface area contributed by atoms with Crippen LogP contribution in [0.5, 0.6) is 5.75 Å². The van der Waals surface area contributed by atoms with Gasteiger partial charge in [-0.3, -0.25) is 14.9 Å². The molecule has 5 nitrogen and oxygen atoms in total. The van der Waals surface area contributed by atoms with Crippen molar-refractivity contribution in [2.24, 2.45) is 0 Å². The summed E-state index contributed by atoms with van der Waals surface area (Å²) in [5.41, 5.74) is 0.216. The van der Waals surface area contributed by atoms with E-state index >= 15 is 0 Å². The van der Waals surface area contributed by atoms with E-state index in [1.165, 1.54) is 19.1 Å². The molecule has 1 aromatic rings. The Balaban J connectivity index is 3.41. The normalized spacial score (nSPS) is 9.94. The molecule has 0 aliphatic heterocycles. The summed E-state index contributed by atoms with van der Waals surface area (Å²) in [6.45, 7) is 3.46. The minimum atomic E-state index is -0.531. The van der Waals surface area contributed by atoms with E-state index in [1.54, 1.807) is 6.92 Å². The lowest BCUT2D eigenvalue weighted by molar-refractivity contribution is -0.385. The van der Waals surface area contributed by atoms with Crippen LogP contribution in [0.4, 0.5) is 5.69 Å². The maximum absolute atomic E-state index is 11.3. The van der Waals surface area contributed by atoms with Crippen molar-refractivity contribution in [2.45, 2.75) is 13.8 Å². The van der Waals surface area contributed by atoms with Crippen molar-refractivity contribution in [3.63, 3.8) is 0 Å². The Morgan fingerprint density at radius 2 is 2.19 bits per heavy atom. The van der Waals surface area contributed by atoms with Gasteiger partial charge >= 0.3 is 0 Å². The van der Waals surface area contributed by atoms with Crippen LogP contribution in [0.3, 0.4) is 0 Å². The molecule has 16 heavy (non-hydrogen) atoms. The Morgan fingerprint density at radius 3 is 2.62 bits per heavy atom. The second-order valence-electron chi connectivity index (χ2n) is 3.02. The molecule has 0 aliphatic rings. The summed E-state index contributed by atoms with van der Waals surface area (Å²) >= 11 is 3.08. The molecule has 0 saturated heterocycles. The van der Waals surface area contributed by atoms with Crippen LogP contribution < -0.4 is 4.74 Å². The minimum Gasteiger partial charge on any atom is -0.492 e. The van der Waals surface area contributed by atoms with E-state index in [0.717, 1.165) is 0 Å². The van der Waals surface area contributed by atoms with Crippen molar-refractivity contribution in [3.05, 3.63) is 32.3 Å². The summed E-state index contributed by atoms with van der Waals surface area (Å²) in [5, 5.41) is 10.7. The van der Waals surface area contributed by atoms with E-state index in [1.807, 2.05) is 0 Å². The number of rotatable bonds is 4. The second kappa shape index (κ2) is 5.07. The van der Waals surface area contributed by atoms with Crippen molar-refractivity contribution < 1.29 is 14.5 Å². The average molecular weight is 288 g/mol. The maximum Gasteiger partial charge on any atom is 0.287 e. The molecule has 86 valence electrons. The number of carbonyl (C=O) groups excluding carboxylic acids is 1. The van der Waals surface area contributed by atoms with Crippen LogP contribution in [0.1, 0.15) is 24.2 Å². The van der Waals surface area contributed by atoms with Gasteiger partial charge in [0, 0.05) is 6.07 Å². The molecule has 0 atom stereocenters. The first-order chi connectivity index (χ1) is 7.49. The van der Waals surface area contributed by atoms with Gasteiger partial charge < -0.3 is 4.74 Å². The van der Waals surface area contributed by atoms with Gasteiger partial charge in [0.15, 0.2) is 11.5 Å². The number of carbonyl (C=O) groups is 1. The van der Waals surface area contributed by atoms with Crippen LogP contribution in [0, 0.1) is 10.1 Å². The third-order valence-corrected chi connectivity index (χ3v) is 2.71. The van der Waals surface area contributed by atoms with Crippen molar-refractivity contribution in [1.29, 1.82) is 0 Å². The molecule has 0 heterocycles.